The first-order valence-electron chi connectivity index (χ1n) is 9.34. The van der Waals surface area contributed by atoms with Crippen LogP contribution < -0.4 is 5.32 Å². The molecule has 0 unspecified atom stereocenters. The van der Waals surface area contributed by atoms with Crippen LogP contribution in [0.5, 0.6) is 0 Å². The molecule has 160 valence electrons. The molecule has 2 aromatic heterocycles. The van der Waals surface area contributed by atoms with E-state index in [1.54, 1.807) is 16.6 Å². The molecule has 1 aromatic carbocycles. The second kappa shape index (κ2) is 7.84. The lowest BCUT2D eigenvalue weighted by atomic mass is 9.98. The van der Waals surface area contributed by atoms with E-state index in [1.165, 1.54) is 0 Å². The van der Waals surface area contributed by atoms with Gasteiger partial charge in [-0.25, -0.2) is 8.42 Å². The molecule has 0 aliphatic carbocycles. The fourth-order valence-electron chi connectivity index (χ4n) is 3.40. The zero-order valence-electron chi connectivity index (χ0n) is 15.7. The van der Waals surface area contributed by atoms with Crippen molar-refractivity contribution in [3.05, 3.63) is 42.5 Å². The van der Waals surface area contributed by atoms with Crippen LogP contribution in [0.1, 0.15) is 12.8 Å². The van der Waals surface area contributed by atoms with E-state index < -0.39 is 15.5 Å². The standard InChI is InChI=1S/C18H19F3N6O2S/c19-18(20,21)30(28,29)26-10-8-13(9-11-26)12-22-15-6-7-16-23-24-17(27(16)25-15)14-4-2-1-3-5-14/h1-7,13H,8-12H2,(H,22,25). The lowest BCUT2D eigenvalue weighted by Gasteiger charge is -2.31. The van der Waals surface area contributed by atoms with Crippen LogP contribution in [0.25, 0.3) is 17.0 Å². The van der Waals surface area contributed by atoms with Gasteiger partial charge in [-0.05, 0) is 30.9 Å². The third-order valence-electron chi connectivity index (χ3n) is 5.07. The number of sulfonamides is 1. The second-order valence-electron chi connectivity index (χ2n) is 7.05. The maximum Gasteiger partial charge on any atom is 0.511 e. The predicted octanol–water partition coefficient (Wildman–Crippen LogP) is 2.76. The number of alkyl halides is 3. The van der Waals surface area contributed by atoms with E-state index in [0.717, 1.165) is 5.56 Å². The van der Waals surface area contributed by atoms with Crippen LogP contribution in [0.2, 0.25) is 0 Å². The van der Waals surface area contributed by atoms with E-state index in [0.29, 0.717) is 41.0 Å². The topological polar surface area (TPSA) is 92.5 Å². The first kappa shape index (κ1) is 20.5. The number of nitrogens with one attached hydrogen (secondary N) is 1. The number of anilines is 1. The van der Waals surface area contributed by atoms with Crippen LogP contribution in [0.4, 0.5) is 19.0 Å². The summed E-state index contributed by atoms with van der Waals surface area (Å²) in [5.74, 6) is 1.21. The molecule has 0 bridgehead atoms. The minimum Gasteiger partial charge on any atom is -0.368 e. The first-order chi connectivity index (χ1) is 14.3. The Hall–Kier alpha value is -2.73. The number of nitrogens with zero attached hydrogens (tertiary/aromatic N) is 5. The van der Waals surface area contributed by atoms with Crippen LogP contribution in [-0.4, -0.2) is 57.7 Å². The van der Waals surface area contributed by atoms with Crippen LogP contribution in [0.15, 0.2) is 42.5 Å². The highest BCUT2D eigenvalue weighted by Crippen LogP contribution is 2.30. The van der Waals surface area contributed by atoms with Gasteiger partial charge in [-0.15, -0.1) is 15.3 Å². The minimum atomic E-state index is -5.26. The minimum absolute atomic E-state index is 0.0386. The Morgan fingerprint density at radius 2 is 1.73 bits per heavy atom. The summed E-state index contributed by atoms with van der Waals surface area (Å²) < 4.78 is 63.2. The fourth-order valence-corrected chi connectivity index (χ4v) is 4.38. The summed E-state index contributed by atoms with van der Waals surface area (Å²) in [7, 11) is -5.26. The van der Waals surface area contributed by atoms with E-state index >= 15 is 0 Å². The number of benzene rings is 1. The summed E-state index contributed by atoms with van der Waals surface area (Å²) in [5.41, 5.74) is -3.80. The van der Waals surface area contributed by atoms with Gasteiger partial charge in [0.15, 0.2) is 11.5 Å². The van der Waals surface area contributed by atoms with Crippen molar-refractivity contribution in [2.75, 3.05) is 25.0 Å². The molecule has 3 heterocycles. The van der Waals surface area contributed by atoms with Crippen molar-refractivity contribution in [2.45, 2.75) is 18.3 Å². The molecule has 3 aromatic rings. The first-order valence-corrected chi connectivity index (χ1v) is 10.8. The van der Waals surface area contributed by atoms with Crippen molar-refractivity contribution in [2.24, 2.45) is 5.92 Å². The highest BCUT2D eigenvalue weighted by molar-refractivity contribution is 7.90. The van der Waals surface area contributed by atoms with Gasteiger partial charge >= 0.3 is 15.5 Å². The molecule has 1 fully saturated rings. The number of hydrogen-bond acceptors (Lipinski definition) is 6. The molecule has 1 aliphatic rings. The average Bonchev–Trinajstić information content (AvgIpc) is 3.15. The lowest BCUT2D eigenvalue weighted by molar-refractivity contribution is -0.0496. The van der Waals surface area contributed by atoms with Gasteiger partial charge in [0.1, 0.15) is 5.82 Å². The van der Waals surface area contributed by atoms with Crippen LogP contribution in [0.3, 0.4) is 0 Å². The molecule has 30 heavy (non-hydrogen) atoms. The van der Waals surface area contributed by atoms with Gasteiger partial charge in [-0.3, -0.25) is 0 Å². The van der Waals surface area contributed by atoms with Gasteiger partial charge in [-0.1, -0.05) is 30.3 Å². The van der Waals surface area contributed by atoms with Crippen LogP contribution >= 0.6 is 0 Å². The number of hydrogen-bond donors (Lipinski definition) is 1. The van der Waals surface area contributed by atoms with E-state index in [9.17, 15) is 21.6 Å². The van der Waals surface area contributed by atoms with E-state index in [-0.39, 0.29) is 19.0 Å². The number of rotatable bonds is 5. The summed E-state index contributed by atoms with van der Waals surface area (Å²) in [4.78, 5) is 0. The Morgan fingerprint density at radius 3 is 2.40 bits per heavy atom. The average molecular weight is 440 g/mol. The fraction of sp³-hybridized carbons (Fsp3) is 0.389. The second-order valence-corrected chi connectivity index (χ2v) is 8.98. The highest BCUT2D eigenvalue weighted by atomic mass is 32.2. The predicted molar refractivity (Wildman–Crippen MR) is 104 cm³/mol. The van der Waals surface area contributed by atoms with Crippen LogP contribution in [0, 0.1) is 5.92 Å². The van der Waals surface area contributed by atoms with Crippen molar-refractivity contribution >= 4 is 21.5 Å². The van der Waals surface area contributed by atoms with E-state index in [2.05, 4.69) is 20.6 Å². The zero-order valence-corrected chi connectivity index (χ0v) is 16.6. The van der Waals surface area contributed by atoms with E-state index in [4.69, 9.17) is 0 Å². The molecule has 0 atom stereocenters. The highest BCUT2D eigenvalue weighted by Gasteiger charge is 2.50. The summed E-state index contributed by atoms with van der Waals surface area (Å²) in [6.45, 7) is 0.176. The number of aromatic nitrogens is 4. The SMILES string of the molecule is O=S(=O)(N1CCC(CNc2ccc3nnc(-c4ccccc4)n3n2)CC1)C(F)(F)F. The summed E-state index contributed by atoms with van der Waals surface area (Å²) >= 11 is 0. The molecule has 1 saturated heterocycles. The Balaban J connectivity index is 1.40. The Kier molecular flexibility index (Phi) is 5.36. The number of piperidine rings is 1. The normalized spacial score (nSPS) is 16.8. The maximum atomic E-state index is 12.7. The molecule has 8 nitrogen and oxygen atoms in total. The molecule has 0 spiro atoms. The third kappa shape index (κ3) is 3.97. The summed E-state index contributed by atoms with van der Waals surface area (Å²) in [6, 6.07) is 13.0. The molecule has 12 heteroatoms. The summed E-state index contributed by atoms with van der Waals surface area (Å²) in [5, 5.41) is 16.0. The Morgan fingerprint density at radius 1 is 1.03 bits per heavy atom. The van der Waals surface area contributed by atoms with Crippen molar-refractivity contribution in [1.29, 1.82) is 0 Å². The van der Waals surface area contributed by atoms with Gasteiger partial charge in [-0.2, -0.15) is 22.0 Å². The third-order valence-corrected chi connectivity index (χ3v) is 6.70. The molecular formula is C18H19F3N6O2S. The van der Waals surface area contributed by atoms with Gasteiger partial charge < -0.3 is 5.32 Å². The largest absolute Gasteiger partial charge is 0.511 e. The monoisotopic (exact) mass is 440 g/mol. The van der Waals surface area contributed by atoms with Crippen molar-refractivity contribution < 1.29 is 21.6 Å². The molecule has 1 N–H and O–H groups in total. The molecule has 0 saturated carbocycles. The Labute approximate surface area is 170 Å². The number of halogens is 3. The smallest absolute Gasteiger partial charge is 0.368 e. The Bertz CT molecular complexity index is 1130. The molecule has 1 aliphatic heterocycles. The molecule has 0 radical (unpaired) electrons. The zero-order chi connectivity index (χ0) is 21.4. The van der Waals surface area contributed by atoms with Crippen molar-refractivity contribution in [3.8, 4) is 11.4 Å². The van der Waals surface area contributed by atoms with Gasteiger partial charge in [0.2, 0.25) is 0 Å². The summed E-state index contributed by atoms with van der Waals surface area (Å²) in [6.07, 6.45) is 0.679. The van der Waals surface area contributed by atoms with E-state index in [1.807, 2.05) is 30.3 Å². The maximum absolute atomic E-state index is 12.7. The van der Waals surface area contributed by atoms with Crippen molar-refractivity contribution in [1.82, 2.24) is 24.1 Å². The van der Waals surface area contributed by atoms with Crippen molar-refractivity contribution in [3.63, 3.8) is 0 Å². The number of fused-ring (bicyclic) bond motifs is 1. The van der Waals surface area contributed by atoms with Gasteiger partial charge in [0.25, 0.3) is 0 Å². The lowest BCUT2D eigenvalue weighted by Crippen LogP contribution is -2.45. The van der Waals surface area contributed by atoms with Gasteiger partial charge in [0, 0.05) is 25.2 Å². The van der Waals surface area contributed by atoms with Gasteiger partial charge in [0.05, 0.1) is 0 Å². The molecule has 0 amide bonds. The molecule has 4 rings (SSSR count). The quantitative estimate of drug-likeness (QED) is 0.656. The van der Waals surface area contributed by atoms with Crippen LogP contribution in [-0.2, 0) is 10.0 Å². The molecular weight excluding hydrogens is 421 g/mol.